The molecule has 0 saturated heterocycles. The van der Waals surface area contributed by atoms with Gasteiger partial charge in [-0.05, 0) is 86.2 Å². The summed E-state index contributed by atoms with van der Waals surface area (Å²) in [6.07, 6.45) is 4.45. The van der Waals surface area contributed by atoms with Crippen molar-refractivity contribution in [3.63, 3.8) is 0 Å². The standard InChI is InChI=1S/C26H31FN/c1-15-11-16(2)18(4)22(12-15)26-23-14-24(27)25(20-9-7-8-10-20)19(5)21(23)13-17(3)28(26)6/h11-14,20H,7-10H2,1-6H3/q+1/i13D. The minimum Gasteiger partial charge on any atom is -0.207 e. The molecule has 2 heteroatoms. The van der Waals surface area contributed by atoms with Crippen molar-refractivity contribution >= 4 is 10.8 Å². The molecule has 0 unspecified atom stereocenters. The van der Waals surface area contributed by atoms with Gasteiger partial charge in [-0.15, -0.1) is 0 Å². The first kappa shape index (κ1) is 17.8. The third-order valence-electron chi connectivity index (χ3n) is 6.81. The second kappa shape index (κ2) is 6.99. The molecule has 0 atom stereocenters. The van der Waals surface area contributed by atoms with E-state index >= 15 is 4.39 Å². The molecular weight excluding hydrogens is 345 g/mol. The van der Waals surface area contributed by atoms with Gasteiger partial charge in [0.2, 0.25) is 5.69 Å². The van der Waals surface area contributed by atoms with Crippen LogP contribution in [0.4, 0.5) is 4.39 Å². The van der Waals surface area contributed by atoms with Crippen LogP contribution in [0.1, 0.15) is 66.5 Å². The SMILES string of the molecule is [2H]c1c(C)[n+](C)c(-c2cc(C)cc(C)c2C)c2cc(F)c(C3CCCC3)c(C)c12. The summed E-state index contributed by atoms with van der Waals surface area (Å²) >= 11 is 0. The average Bonchev–Trinajstić information content (AvgIpc) is 3.17. The summed E-state index contributed by atoms with van der Waals surface area (Å²) in [6.45, 7) is 10.4. The maximum atomic E-state index is 15.5. The molecule has 1 saturated carbocycles. The quantitative estimate of drug-likeness (QED) is 0.439. The van der Waals surface area contributed by atoms with Crippen molar-refractivity contribution in [3.05, 3.63) is 63.6 Å². The van der Waals surface area contributed by atoms with Gasteiger partial charge in [0.05, 0.1) is 12.3 Å². The number of halogens is 1. The van der Waals surface area contributed by atoms with E-state index in [9.17, 15) is 0 Å². The van der Waals surface area contributed by atoms with Crippen LogP contribution in [0.3, 0.4) is 0 Å². The molecule has 4 rings (SSSR count). The zero-order chi connectivity index (χ0) is 21.0. The van der Waals surface area contributed by atoms with Gasteiger partial charge < -0.3 is 0 Å². The highest BCUT2D eigenvalue weighted by molar-refractivity contribution is 5.96. The number of fused-ring (bicyclic) bond motifs is 1. The Bertz CT molecular complexity index is 1140. The highest BCUT2D eigenvalue weighted by Gasteiger charge is 2.27. The third-order valence-corrected chi connectivity index (χ3v) is 6.81. The fraction of sp³-hybridized carbons (Fsp3) is 0.423. The molecule has 0 amide bonds. The molecule has 0 N–H and O–H groups in total. The Labute approximate surface area is 169 Å². The monoisotopic (exact) mass is 377 g/mol. The highest BCUT2D eigenvalue weighted by atomic mass is 19.1. The van der Waals surface area contributed by atoms with Crippen molar-refractivity contribution in [1.82, 2.24) is 0 Å². The molecule has 1 heterocycles. The van der Waals surface area contributed by atoms with Gasteiger partial charge in [0.15, 0.2) is 5.69 Å². The van der Waals surface area contributed by atoms with E-state index in [1.165, 1.54) is 29.5 Å². The van der Waals surface area contributed by atoms with Crippen molar-refractivity contribution < 1.29 is 10.3 Å². The first-order chi connectivity index (χ1) is 13.7. The Hall–Kier alpha value is -2.22. The number of hydrogen-bond acceptors (Lipinski definition) is 0. The fourth-order valence-corrected chi connectivity index (χ4v) is 5.08. The second-order valence-corrected chi connectivity index (χ2v) is 8.67. The van der Waals surface area contributed by atoms with Gasteiger partial charge in [-0.1, -0.05) is 24.5 Å². The van der Waals surface area contributed by atoms with E-state index in [0.717, 1.165) is 51.7 Å². The maximum absolute atomic E-state index is 15.5. The lowest BCUT2D eigenvalue weighted by molar-refractivity contribution is -0.665. The minimum absolute atomic E-state index is 0.103. The number of pyridine rings is 1. The number of aromatic nitrogens is 1. The van der Waals surface area contributed by atoms with Gasteiger partial charge in [0.25, 0.3) is 0 Å². The van der Waals surface area contributed by atoms with Gasteiger partial charge in [0, 0.05) is 13.0 Å². The van der Waals surface area contributed by atoms with Gasteiger partial charge in [0.1, 0.15) is 12.9 Å². The topological polar surface area (TPSA) is 3.88 Å². The molecule has 3 aromatic rings. The summed E-state index contributed by atoms with van der Waals surface area (Å²) in [5.41, 5.74) is 8.51. The Morgan fingerprint density at radius 1 is 0.964 bits per heavy atom. The normalized spacial score (nSPS) is 15.5. The molecule has 28 heavy (non-hydrogen) atoms. The number of rotatable bonds is 2. The molecule has 1 nitrogen and oxygen atoms in total. The van der Waals surface area contributed by atoms with Crippen LogP contribution in [-0.2, 0) is 7.05 Å². The minimum atomic E-state index is -0.103. The summed E-state index contributed by atoms with van der Waals surface area (Å²) in [4.78, 5) is 0. The first-order valence-electron chi connectivity index (χ1n) is 10.9. The van der Waals surface area contributed by atoms with Gasteiger partial charge in [-0.3, -0.25) is 0 Å². The summed E-state index contributed by atoms with van der Waals surface area (Å²) in [5, 5.41) is 1.77. The van der Waals surface area contributed by atoms with Crippen LogP contribution in [0.2, 0.25) is 0 Å². The lowest BCUT2D eigenvalue weighted by Gasteiger charge is -2.19. The molecule has 0 bridgehead atoms. The molecule has 1 fully saturated rings. The van der Waals surface area contributed by atoms with Crippen LogP contribution in [0.25, 0.3) is 22.0 Å². The maximum Gasteiger partial charge on any atom is 0.220 e. The smallest absolute Gasteiger partial charge is 0.207 e. The Balaban J connectivity index is 2.14. The van der Waals surface area contributed by atoms with E-state index in [4.69, 9.17) is 1.37 Å². The Morgan fingerprint density at radius 2 is 1.64 bits per heavy atom. The van der Waals surface area contributed by atoms with E-state index in [1.807, 2.05) is 20.9 Å². The van der Waals surface area contributed by atoms with Gasteiger partial charge in [-0.25, -0.2) is 4.39 Å². The van der Waals surface area contributed by atoms with Crippen molar-refractivity contribution in [2.45, 2.75) is 66.2 Å². The largest absolute Gasteiger partial charge is 0.220 e. The molecule has 1 aliphatic carbocycles. The number of aryl methyl sites for hydroxylation is 3. The summed E-state index contributed by atoms with van der Waals surface area (Å²) < 4.78 is 26.4. The second-order valence-electron chi connectivity index (χ2n) is 8.67. The summed E-state index contributed by atoms with van der Waals surface area (Å²) in [5.74, 6) is 0.188. The lowest BCUT2D eigenvalue weighted by Crippen LogP contribution is -2.35. The van der Waals surface area contributed by atoms with Crippen LogP contribution in [-0.4, -0.2) is 0 Å². The van der Waals surface area contributed by atoms with E-state index < -0.39 is 0 Å². The van der Waals surface area contributed by atoms with Crippen LogP contribution < -0.4 is 4.57 Å². The molecule has 0 aliphatic heterocycles. The zero-order valence-electron chi connectivity index (χ0n) is 19.0. The Morgan fingerprint density at radius 3 is 2.32 bits per heavy atom. The highest BCUT2D eigenvalue weighted by Crippen LogP contribution is 2.41. The molecule has 146 valence electrons. The van der Waals surface area contributed by atoms with E-state index in [0.29, 0.717) is 12.0 Å². The fourth-order valence-electron chi connectivity index (χ4n) is 5.08. The molecule has 1 aromatic heterocycles. The van der Waals surface area contributed by atoms with Crippen LogP contribution in [0, 0.1) is 40.4 Å². The van der Waals surface area contributed by atoms with Gasteiger partial charge >= 0.3 is 0 Å². The van der Waals surface area contributed by atoms with Crippen LogP contribution >= 0.6 is 0 Å². The van der Waals surface area contributed by atoms with Gasteiger partial charge in [-0.2, -0.15) is 4.57 Å². The number of benzene rings is 2. The van der Waals surface area contributed by atoms with Crippen LogP contribution in [0.5, 0.6) is 0 Å². The van der Waals surface area contributed by atoms with Crippen LogP contribution in [0.15, 0.2) is 24.2 Å². The predicted octanol–water partition coefficient (Wildman–Crippen LogP) is 6.67. The van der Waals surface area contributed by atoms with Crippen molar-refractivity contribution in [3.8, 4) is 11.3 Å². The Kier molecular flexibility index (Phi) is 4.45. The van der Waals surface area contributed by atoms with Crippen molar-refractivity contribution in [1.29, 1.82) is 0 Å². The molecule has 2 aromatic carbocycles. The third kappa shape index (κ3) is 2.94. The molecular formula is C26H31FN+. The summed E-state index contributed by atoms with van der Waals surface area (Å²) in [7, 11) is 2.00. The van der Waals surface area contributed by atoms with E-state index in [-0.39, 0.29) is 5.82 Å². The summed E-state index contributed by atoms with van der Waals surface area (Å²) in [6, 6.07) is 6.61. The van der Waals surface area contributed by atoms with Crippen molar-refractivity contribution in [2.75, 3.05) is 0 Å². The predicted molar refractivity (Wildman–Crippen MR) is 115 cm³/mol. The number of nitrogens with zero attached hydrogens (tertiary/aromatic N) is 1. The molecule has 1 aliphatic rings. The zero-order valence-corrected chi connectivity index (χ0v) is 18.0. The molecule has 0 spiro atoms. The average molecular weight is 378 g/mol. The van der Waals surface area contributed by atoms with E-state index in [1.54, 1.807) is 6.07 Å². The lowest BCUT2D eigenvalue weighted by atomic mass is 9.87. The number of hydrogen-bond donors (Lipinski definition) is 0. The van der Waals surface area contributed by atoms with E-state index in [2.05, 4.69) is 37.5 Å². The van der Waals surface area contributed by atoms with Crippen molar-refractivity contribution in [2.24, 2.45) is 7.05 Å². The first-order valence-corrected chi connectivity index (χ1v) is 10.4. The molecule has 0 radical (unpaired) electrons.